The highest BCUT2D eigenvalue weighted by Gasteiger charge is 2.13. The van der Waals surface area contributed by atoms with E-state index in [0.717, 1.165) is 4.40 Å². The zero-order valence-corrected chi connectivity index (χ0v) is 10.2. The van der Waals surface area contributed by atoms with Gasteiger partial charge in [0.1, 0.15) is 11.5 Å². The number of nitrogens with one attached hydrogen (secondary N) is 1. The van der Waals surface area contributed by atoms with Crippen molar-refractivity contribution >= 4 is 29.7 Å². The first-order valence-corrected chi connectivity index (χ1v) is 5.44. The van der Waals surface area contributed by atoms with Gasteiger partial charge in [0.05, 0.1) is 6.42 Å². The lowest BCUT2D eigenvalue weighted by Crippen LogP contribution is -2.25. The number of carbonyl (C=O) groups is 1. The Bertz CT molecular complexity index is 762. The quantitative estimate of drug-likeness (QED) is 0.672. The Morgan fingerprint density at radius 3 is 2.94 bits per heavy atom. The van der Waals surface area contributed by atoms with Gasteiger partial charge in [0.2, 0.25) is 4.77 Å². The molecule has 0 aliphatic heterocycles. The number of anilines is 1. The van der Waals surface area contributed by atoms with Gasteiger partial charge in [0.15, 0.2) is 0 Å². The number of nitrogens with two attached hydrogens (primary N) is 1. The molecule has 2 aromatic rings. The molecule has 0 radical (unpaired) electrons. The summed E-state index contributed by atoms with van der Waals surface area (Å²) >= 11 is 4.95. The lowest BCUT2D eigenvalue weighted by molar-refractivity contribution is -0.136. The number of nitrogen functional groups attached to an aromatic ring is 1. The van der Waals surface area contributed by atoms with E-state index in [1.54, 1.807) is 6.92 Å². The molecule has 2 heterocycles. The van der Waals surface area contributed by atoms with Crippen molar-refractivity contribution in [3.05, 3.63) is 32.4 Å². The highest BCUT2D eigenvalue weighted by molar-refractivity contribution is 7.71. The van der Waals surface area contributed by atoms with Gasteiger partial charge in [-0.1, -0.05) is 0 Å². The molecule has 0 bridgehead atoms. The Hall–Kier alpha value is -2.22. The fourth-order valence-electron chi connectivity index (χ4n) is 1.71. The number of rotatable bonds is 2. The molecule has 2 aromatic heterocycles. The molecular weight excluding hydrogens is 256 g/mol. The summed E-state index contributed by atoms with van der Waals surface area (Å²) in [6, 6.07) is 1.47. The third-order valence-corrected chi connectivity index (χ3v) is 2.77. The maximum Gasteiger partial charge on any atom is 0.308 e. The van der Waals surface area contributed by atoms with Crippen molar-refractivity contribution in [3.63, 3.8) is 0 Å². The van der Waals surface area contributed by atoms with E-state index in [-0.39, 0.29) is 22.6 Å². The van der Waals surface area contributed by atoms with Crippen molar-refractivity contribution in [1.82, 2.24) is 14.4 Å². The summed E-state index contributed by atoms with van der Waals surface area (Å²) in [5.74, 6) is -0.890. The van der Waals surface area contributed by atoms with Crippen LogP contribution in [0.2, 0.25) is 0 Å². The summed E-state index contributed by atoms with van der Waals surface area (Å²) in [5.41, 5.74) is 6.07. The van der Waals surface area contributed by atoms with Gasteiger partial charge >= 0.3 is 5.97 Å². The van der Waals surface area contributed by atoms with Crippen LogP contribution in [0.5, 0.6) is 0 Å². The zero-order chi connectivity index (χ0) is 13.4. The second kappa shape index (κ2) is 4.22. The minimum Gasteiger partial charge on any atom is -0.481 e. The van der Waals surface area contributed by atoms with Gasteiger partial charge in [0, 0.05) is 17.3 Å². The average molecular weight is 266 g/mol. The van der Waals surface area contributed by atoms with Gasteiger partial charge in [-0.3, -0.25) is 9.59 Å². The molecule has 0 aliphatic rings. The van der Waals surface area contributed by atoms with E-state index in [9.17, 15) is 9.59 Å². The molecule has 0 saturated carbocycles. The number of aliphatic carboxylic acids is 1. The third-order valence-electron chi connectivity index (χ3n) is 2.50. The van der Waals surface area contributed by atoms with E-state index in [2.05, 4.69) is 9.97 Å². The van der Waals surface area contributed by atoms with Crippen molar-refractivity contribution in [1.29, 1.82) is 0 Å². The summed E-state index contributed by atoms with van der Waals surface area (Å²) in [5, 5.41) is 8.78. The number of hydrogen-bond donors (Lipinski definition) is 3. The van der Waals surface area contributed by atoms with Gasteiger partial charge in [-0.2, -0.15) is 0 Å². The van der Waals surface area contributed by atoms with Crippen LogP contribution in [0.4, 0.5) is 5.82 Å². The third kappa shape index (κ3) is 1.97. The molecule has 7 nitrogen and oxygen atoms in total. The summed E-state index contributed by atoms with van der Waals surface area (Å²) in [7, 11) is 0. The minimum absolute atomic E-state index is 0.00195. The molecule has 0 amide bonds. The number of aromatic amines is 1. The standard InChI is InChI=1S/C10H10N4O3S/c1-4-5(2-8(15)16)9(17)14-7(12-4)3-6(11)13-10(14)18/h3,12H,2H2,1H3,(H,15,16)(H2,11,13,18). The molecule has 0 aliphatic carbocycles. The molecule has 4 N–H and O–H groups in total. The molecule has 8 heteroatoms. The molecule has 0 spiro atoms. The van der Waals surface area contributed by atoms with Crippen LogP contribution < -0.4 is 11.3 Å². The van der Waals surface area contributed by atoms with Crippen molar-refractivity contribution in [2.75, 3.05) is 5.73 Å². The zero-order valence-electron chi connectivity index (χ0n) is 9.43. The van der Waals surface area contributed by atoms with Crippen LogP contribution in [-0.4, -0.2) is 25.4 Å². The molecule has 18 heavy (non-hydrogen) atoms. The molecule has 0 saturated heterocycles. The van der Waals surface area contributed by atoms with E-state index in [1.165, 1.54) is 6.07 Å². The van der Waals surface area contributed by atoms with Crippen molar-refractivity contribution < 1.29 is 9.90 Å². The minimum atomic E-state index is -1.09. The van der Waals surface area contributed by atoms with E-state index in [1.807, 2.05) is 0 Å². The Morgan fingerprint density at radius 1 is 1.67 bits per heavy atom. The molecule has 0 atom stereocenters. The number of nitrogens with zero attached hydrogens (tertiary/aromatic N) is 2. The van der Waals surface area contributed by atoms with Gasteiger partial charge in [0.25, 0.3) is 5.56 Å². The summed E-state index contributed by atoms with van der Waals surface area (Å²) in [4.78, 5) is 29.6. The normalized spacial score (nSPS) is 10.7. The summed E-state index contributed by atoms with van der Waals surface area (Å²) < 4.78 is 1.13. The van der Waals surface area contributed by atoms with Crippen LogP contribution in [0.25, 0.3) is 5.65 Å². The topological polar surface area (TPSA) is 113 Å². The molecule has 0 unspecified atom stereocenters. The average Bonchev–Trinajstić information content (AvgIpc) is 2.22. The molecule has 2 rings (SSSR count). The van der Waals surface area contributed by atoms with E-state index >= 15 is 0 Å². The van der Waals surface area contributed by atoms with Gasteiger partial charge in [-0.15, -0.1) is 0 Å². The highest BCUT2D eigenvalue weighted by Crippen LogP contribution is 2.07. The maximum atomic E-state index is 12.1. The maximum absolute atomic E-state index is 12.1. The first-order chi connectivity index (χ1) is 8.40. The summed E-state index contributed by atoms with van der Waals surface area (Å²) in [6.45, 7) is 1.62. The number of aryl methyl sites for hydroxylation is 1. The first-order valence-electron chi connectivity index (χ1n) is 5.03. The fourth-order valence-corrected chi connectivity index (χ4v) is 2.00. The van der Waals surface area contributed by atoms with Crippen LogP contribution in [0.1, 0.15) is 11.3 Å². The predicted molar refractivity (Wildman–Crippen MR) is 67.1 cm³/mol. The molecule has 0 aromatic carbocycles. The monoisotopic (exact) mass is 266 g/mol. The Morgan fingerprint density at radius 2 is 2.33 bits per heavy atom. The van der Waals surface area contributed by atoms with Gasteiger partial charge in [-0.05, 0) is 19.1 Å². The van der Waals surface area contributed by atoms with E-state index in [0.29, 0.717) is 11.3 Å². The van der Waals surface area contributed by atoms with Gasteiger partial charge < -0.3 is 15.8 Å². The van der Waals surface area contributed by atoms with Crippen molar-refractivity contribution in [3.8, 4) is 0 Å². The number of aromatic nitrogens is 3. The summed E-state index contributed by atoms with van der Waals surface area (Å²) in [6.07, 6.45) is -0.372. The molecule has 0 fully saturated rings. The number of H-pyrrole nitrogens is 1. The van der Waals surface area contributed by atoms with Crippen LogP contribution in [0.3, 0.4) is 0 Å². The van der Waals surface area contributed by atoms with Crippen LogP contribution >= 0.6 is 12.2 Å². The Kier molecular flexibility index (Phi) is 2.87. The molecule has 94 valence electrons. The number of hydrogen-bond acceptors (Lipinski definition) is 5. The van der Waals surface area contributed by atoms with Gasteiger partial charge in [-0.25, -0.2) is 9.38 Å². The number of carboxylic acid groups (broad SMARTS) is 1. The van der Waals surface area contributed by atoms with Crippen molar-refractivity contribution in [2.24, 2.45) is 0 Å². The number of fused-ring (bicyclic) bond motifs is 1. The lowest BCUT2D eigenvalue weighted by Gasteiger charge is -2.08. The van der Waals surface area contributed by atoms with Crippen molar-refractivity contribution in [2.45, 2.75) is 13.3 Å². The largest absolute Gasteiger partial charge is 0.481 e. The fraction of sp³-hybridized carbons (Fsp3) is 0.200. The number of carboxylic acids is 1. The smallest absolute Gasteiger partial charge is 0.308 e. The second-order valence-electron chi connectivity index (χ2n) is 3.79. The Balaban J connectivity index is 2.90. The van der Waals surface area contributed by atoms with E-state index in [4.69, 9.17) is 23.1 Å². The predicted octanol–water partition coefficient (Wildman–Crippen LogP) is 0.270. The van der Waals surface area contributed by atoms with Crippen LogP contribution in [-0.2, 0) is 11.2 Å². The molecular formula is C10H10N4O3S. The van der Waals surface area contributed by atoms with E-state index < -0.39 is 11.5 Å². The highest BCUT2D eigenvalue weighted by atomic mass is 32.1. The second-order valence-corrected chi connectivity index (χ2v) is 4.15. The van der Waals surface area contributed by atoms with Crippen LogP contribution in [0, 0.1) is 11.7 Å². The Labute approximate surface area is 106 Å². The van der Waals surface area contributed by atoms with Crippen LogP contribution in [0.15, 0.2) is 10.9 Å². The lowest BCUT2D eigenvalue weighted by atomic mass is 10.2. The SMILES string of the molecule is Cc1[nH]c2cc(N)nc(=S)n2c(=O)c1CC(=O)O. The first kappa shape index (κ1) is 12.2.